The van der Waals surface area contributed by atoms with Crippen molar-refractivity contribution in [3.05, 3.63) is 11.1 Å². The molecule has 0 aliphatic carbocycles. The van der Waals surface area contributed by atoms with Gasteiger partial charge in [-0.15, -0.1) is 11.3 Å². The summed E-state index contributed by atoms with van der Waals surface area (Å²) >= 11 is 1.61. The predicted molar refractivity (Wildman–Crippen MR) is 79.1 cm³/mol. The van der Waals surface area contributed by atoms with Crippen molar-refractivity contribution in [1.29, 1.82) is 0 Å². The Morgan fingerprint density at radius 3 is 3.25 bits per heavy atom. The summed E-state index contributed by atoms with van der Waals surface area (Å²) in [6.45, 7) is 4.37. The second-order valence-electron chi connectivity index (χ2n) is 5.06. The maximum absolute atomic E-state index is 11.3. The molecule has 112 valence electrons. The van der Waals surface area contributed by atoms with Crippen molar-refractivity contribution in [2.45, 2.75) is 32.6 Å². The van der Waals surface area contributed by atoms with Crippen molar-refractivity contribution in [2.75, 3.05) is 31.2 Å². The summed E-state index contributed by atoms with van der Waals surface area (Å²) in [7, 11) is 0. The molecule has 1 aliphatic heterocycles. The first-order valence-electron chi connectivity index (χ1n) is 7.18. The first kappa shape index (κ1) is 15.3. The van der Waals surface area contributed by atoms with Gasteiger partial charge in [-0.2, -0.15) is 0 Å². The Bertz CT molecular complexity index is 436. The van der Waals surface area contributed by atoms with Gasteiger partial charge < -0.3 is 14.7 Å². The highest BCUT2D eigenvalue weighted by molar-refractivity contribution is 7.13. The van der Waals surface area contributed by atoms with Crippen LogP contribution in [0.4, 0.5) is 5.13 Å². The van der Waals surface area contributed by atoms with Gasteiger partial charge in [0.25, 0.3) is 0 Å². The zero-order valence-corrected chi connectivity index (χ0v) is 12.7. The quantitative estimate of drug-likeness (QED) is 0.812. The van der Waals surface area contributed by atoms with E-state index in [0.29, 0.717) is 25.4 Å². The molecule has 1 saturated heterocycles. The van der Waals surface area contributed by atoms with Gasteiger partial charge in [-0.25, -0.2) is 4.98 Å². The van der Waals surface area contributed by atoms with Crippen LogP contribution in [-0.4, -0.2) is 42.4 Å². The molecule has 0 saturated carbocycles. The van der Waals surface area contributed by atoms with Crippen LogP contribution < -0.4 is 4.90 Å². The zero-order chi connectivity index (χ0) is 14.4. The molecule has 0 bridgehead atoms. The Hall–Kier alpha value is -1.14. The Morgan fingerprint density at radius 2 is 2.50 bits per heavy atom. The van der Waals surface area contributed by atoms with E-state index in [4.69, 9.17) is 4.74 Å². The standard InChI is InChI=1S/C14H22N2O3S/c1-2-19-13(18)6-5-12-10-20-14(15-12)16-7-3-4-11(8-16)9-17/h10-11,17H,2-9H2,1H3. The van der Waals surface area contributed by atoms with Crippen LogP contribution in [0.15, 0.2) is 5.38 Å². The molecule has 1 atom stereocenters. The third-order valence-electron chi connectivity index (χ3n) is 3.48. The first-order chi connectivity index (χ1) is 9.72. The molecule has 1 aromatic rings. The van der Waals surface area contributed by atoms with Gasteiger partial charge in [0.1, 0.15) is 0 Å². The predicted octanol–water partition coefficient (Wildman–Crippen LogP) is 1.85. The molecule has 0 radical (unpaired) electrons. The molecule has 20 heavy (non-hydrogen) atoms. The van der Waals surface area contributed by atoms with Crippen molar-refractivity contribution >= 4 is 22.4 Å². The molecule has 0 spiro atoms. The highest BCUT2D eigenvalue weighted by Gasteiger charge is 2.21. The van der Waals surface area contributed by atoms with Gasteiger partial charge in [-0.3, -0.25) is 4.79 Å². The summed E-state index contributed by atoms with van der Waals surface area (Å²) in [6.07, 6.45) is 3.21. The van der Waals surface area contributed by atoms with E-state index in [0.717, 1.165) is 36.8 Å². The molecular formula is C14H22N2O3S. The Morgan fingerprint density at radius 1 is 1.65 bits per heavy atom. The van der Waals surface area contributed by atoms with E-state index >= 15 is 0 Å². The summed E-state index contributed by atoms with van der Waals surface area (Å²) in [6, 6.07) is 0. The molecular weight excluding hydrogens is 276 g/mol. The van der Waals surface area contributed by atoms with Crippen LogP contribution in [0.25, 0.3) is 0 Å². The Kier molecular flexibility index (Phi) is 5.79. The maximum atomic E-state index is 11.3. The minimum atomic E-state index is -0.166. The van der Waals surface area contributed by atoms with E-state index in [9.17, 15) is 9.90 Å². The van der Waals surface area contributed by atoms with Crippen molar-refractivity contribution in [3.63, 3.8) is 0 Å². The number of carbonyl (C=O) groups excluding carboxylic acids is 1. The van der Waals surface area contributed by atoms with Gasteiger partial charge in [0, 0.05) is 31.5 Å². The Balaban J connectivity index is 1.86. The highest BCUT2D eigenvalue weighted by Crippen LogP contribution is 2.26. The van der Waals surface area contributed by atoms with Crippen LogP contribution in [0.1, 0.15) is 31.9 Å². The molecule has 5 nitrogen and oxygen atoms in total. The normalized spacial score (nSPS) is 19.1. The average Bonchev–Trinajstić information content (AvgIpc) is 2.94. The second-order valence-corrected chi connectivity index (χ2v) is 5.90. The van der Waals surface area contributed by atoms with Gasteiger partial charge in [-0.1, -0.05) is 0 Å². The molecule has 1 N–H and O–H groups in total. The summed E-state index contributed by atoms with van der Waals surface area (Å²) in [5, 5.41) is 12.3. The van der Waals surface area contributed by atoms with Crippen LogP contribution in [0.3, 0.4) is 0 Å². The van der Waals surface area contributed by atoms with Gasteiger partial charge in [-0.05, 0) is 25.7 Å². The van der Waals surface area contributed by atoms with E-state index in [2.05, 4.69) is 9.88 Å². The summed E-state index contributed by atoms with van der Waals surface area (Å²) in [5.74, 6) is 0.191. The van der Waals surface area contributed by atoms with Gasteiger partial charge >= 0.3 is 5.97 Å². The smallest absolute Gasteiger partial charge is 0.306 e. The third kappa shape index (κ3) is 4.18. The van der Waals surface area contributed by atoms with Crippen LogP contribution in [0, 0.1) is 5.92 Å². The van der Waals surface area contributed by atoms with Gasteiger partial charge in [0.2, 0.25) is 0 Å². The summed E-state index contributed by atoms with van der Waals surface area (Å²) in [4.78, 5) is 18.2. The lowest BCUT2D eigenvalue weighted by Crippen LogP contribution is -2.36. The SMILES string of the molecule is CCOC(=O)CCc1csc(N2CCCC(CO)C2)n1. The molecule has 1 unspecified atom stereocenters. The number of anilines is 1. The minimum absolute atomic E-state index is 0.166. The molecule has 1 fully saturated rings. The third-order valence-corrected chi connectivity index (χ3v) is 4.43. The van der Waals surface area contributed by atoms with Crippen LogP contribution in [-0.2, 0) is 16.0 Å². The molecule has 0 amide bonds. The zero-order valence-electron chi connectivity index (χ0n) is 11.9. The number of esters is 1. The van der Waals surface area contributed by atoms with Crippen molar-refractivity contribution in [2.24, 2.45) is 5.92 Å². The largest absolute Gasteiger partial charge is 0.466 e. The van der Waals surface area contributed by atoms with Crippen molar-refractivity contribution in [3.8, 4) is 0 Å². The number of aromatic nitrogens is 1. The lowest BCUT2D eigenvalue weighted by Gasteiger charge is -2.31. The number of piperidine rings is 1. The fraction of sp³-hybridized carbons (Fsp3) is 0.714. The highest BCUT2D eigenvalue weighted by atomic mass is 32.1. The number of aryl methyl sites for hydroxylation is 1. The molecule has 2 rings (SSSR count). The number of nitrogens with zero attached hydrogens (tertiary/aromatic N) is 2. The van der Waals surface area contributed by atoms with E-state index in [1.54, 1.807) is 11.3 Å². The molecule has 6 heteroatoms. The van der Waals surface area contributed by atoms with Crippen molar-refractivity contribution < 1.29 is 14.6 Å². The number of rotatable bonds is 6. The topological polar surface area (TPSA) is 62.7 Å². The Labute approximate surface area is 123 Å². The number of aliphatic hydroxyl groups excluding tert-OH is 1. The number of hydrogen-bond donors (Lipinski definition) is 1. The van der Waals surface area contributed by atoms with E-state index < -0.39 is 0 Å². The van der Waals surface area contributed by atoms with E-state index in [1.165, 1.54) is 0 Å². The number of aliphatic hydroxyl groups is 1. The molecule has 1 aromatic heterocycles. The summed E-state index contributed by atoms with van der Waals surface area (Å²) in [5.41, 5.74) is 0.948. The van der Waals surface area contributed by atoms with Crippen LogP contribution >= 0.6 is 11.3 Å². The van der Waals surface area contributed by atoms with E-state index in [1.807, 2.05) is 12.3 Å². The second kappa shape index (κ2) is 7.59. The van der Waals surface area contributed by atoms with Gasteiger partial charge in [0.05, 0.1) is 18.7 Å². The average molecular weight is 298 g/mol. The number of thiazole rings is 1. The molecule has 1 aliphatic rings. The van der Waals surface area contributed by atoms with E-state index in [-0.39, 0.29) is 12.6 Å². The first-order valence-corrected chi connectivity index (χ1v) is 8.06. The lowest BCUT2D eigenvalue weighted by atomic mass is 10.00. The number of hydrogen-bond acceptors (Lipinski definition) is 6. The molecule has 2 heterocycles. The lowest BCUT2D eigenvalue weighted by molar-refractivity contribution is -0.143. The number of ether oxygens (including phenoxy) is 1. The van der Waals surface area contributed by atoms with Crippen LogP contribution in [0.2, 0.25) is 0 Å². The monoisotopic (exact) mass is 298 g/mol. The minimum Gasteiger partial charge on any atom is -0.466 e. The van der Waals surface area contributed by atoms with Gasteiger partial charge in [0.15, 0.2) is 5.13 Å². The number of carbonyl (C=O) groups is 1. The fourth-order valence-corrected chi connectivity index (χ4v) is 3.30. The maximum Gasteiger partial charge on any atom is 0.306 e. The molecule has 0 aromatic carbocycles. The van der Waals surface area contributed by atoms with Crippen LogP contribution in [0.5, 0.6) is 0 Å². The summed E-state index contributed by atoms with van der Waals surface area (Å²) < 4.78 is 4.91. The van der Waals surface area contributed by atoms with Crippen molar-refractivity contribution in [1.82, 2.24) is 4.98 Å². The fourth-order valence-electron chi connectivity index (χ4n) is 2.41.